The molecule has 1 saturated carbocycles. The summed E-state index contributed by atoms with van der Waals surface area (Å²) < 4.78 is 0. The van der Waals surface area contributed by atoms with Gasteiger partial charge in [0.1, 0.15) is 0 Å². The van der Waals surface area contributed by atoms with E-state index in [0.29, 0.717) is 5.92 Å². The van der Waals surface area contributed by atoms with Crippen molar-refractivity contribution in [2.24, 2.45) is 5.92 Å². The van der Waals surface area contributed by atoms with Crippen LogP contribution in [-0.2, 0) is 4.79 Å². The maximum atomic E-state index is 12.0. The number of urea groups is 1. The summed E-state index contributed by atoms with van der Waals surface area (Å²) in [5.41, 5.74) is -0.719. The number of carboxylic acid groups (broad SMARTS) is 1. The monoisotopic (exact) mass is 270 g/mol. The normalized spacial score (nSPS) is 17.0. The second-order valence-electron chi connectivity index (χ2n) is 6.27. The molecule has 0 heterocycles. The molecule has 2 amide bonds. The fourth-order valence-electron chi connectivity index (χ4n) is 2.65. The van der Waals surface area contributed by atoms with Gasteiger partial charge in [-0.15, -0.1) is 0 Å². The lowest BCUT2D eigenvalue weighted by molar-refractivity contribution is -0.138. The van der Waals surface area contributed by atoms with Gasteiger partial charge < -0.3 is 15.3 Å². The lowest BCUT2D eigenvalue weighted by Crippen LogP contribution is -2.50. The number of nitrogens with zero attached hydrogens (tertiary/aromatic N) is 1. The van der Waals surface area contributed by atoms with Gasteiger partial charge in [0, 0.05) is 19.1 Å². The fraction of sp³-hybridized carbons (Fsp3) is 0.857. The first-order chi connectivity index (χ1) is 8.80. The number of carbonyl (C=O) groups excluding carboxylic acids is 1. The second kappa shape index (κ2) is 6.78. The predicted octanol–water partition coefficient (Wildman–Crippen LogP) is 2.46. The van der Waals surface area contributed by atoms with Crippen LogP contribution >= 0.6 is 0 Å². The smallest absolute Gasteiger partial charge is 0.317 e. The highest BCUT2D eigenvalue weighted by atomic mass is 16.4. The third-order valence-corrected chi connectivity index (χ3v) is 3.64. The minimum atomic E-state index is -0.903. The highest BCUT2D eigenvalue weighted by Crippen LogP contribution is 2.24. The lowest BCUT2D eigenvalue weighted by atomic mass is 9.89. The summed E-state index contributed by atoms with van der Waals surface area (Å²) in [6.07, 6.45) is 6.12. The molecular formula is C14H26N2O3. The number of rotatable bonds is 5. The van der Waals surface area contributed by atoms with Crippen molar-refractivity contribution in [1.82, 2.24) is 10.2 Å². The van der Waals surface area contributed by atoms with Crippen molar-refractivity contribution in [2.45, 2.75) is 57.9 Å². The Balaban J connectivity index is 2.40. The molecular weight excluding hydrogens is 244 g/mol. The summed E-state index contributed by atoms with van der Waals surface area (Å²) in [7, 11) is 1.78. The second-order valence-corrected chi connectivity index (χ2v) is 6.27. The Hall–Kier alpha value is -1.26. The molecule has 5 heteroatoms. The highest BCUT2D eigenvalue weighted by Gasteiger charge is 2.26. The SMILES string of the molecule is CN(CC1CCCCC1)C(=O)NC(C)(C)CC(=O)O. The molecule has 1 aliphatic carbocycles. The summed E-state index contributed by atoms with van der Waals surface area (Å²) in [4.78, 5) is 24.4. The van der Waals surface area contributed by atoms with Crippen LogP contribution in [-0.4, -0.2) is 41.1 Å². The van der Waals surface area contributed by atoms with Gasteiger partial charge in [-0.25, -0.2) is 4.79 Å². The third-order valence-electron chi connectivity index (χ3n) is 3.64. The minimum Gasteiger partial charge on any atom is -0.481 e. The summed E-state index contributed by atoms with van der Waals surface area (Å²) >= 11 is 0. The number of amides is 2. The van der Waals surface area contributed by atoms with Gasteiger partial charge in [-0.05, 0) is 32.6 Å². The first-order valence-electron chi connectivity index (χ1n) is 7.05. The van der Waals surface area contributed by atoms with Crippen LogP contribution in [0.1, 0.15) is 52.4 Å². The number of hydrogen-bond acceptors (Lipinski definition) is 2. The Labute approximate surface area is 115 Å². The molecule has 2 N–H and O–H groups in total. The first-order valence-corrected chi connectivity index (χ1v) is 7.05. The molecule has 19 heavy (non-hydrogen) atoms. The van der Waals surface area contributed by atoms with Crippen molar-refractivity contribution in [3.8, 4) is 0 Å². The quantitative estimate of drug-likeness (QED) is 0.806. The van der Waals surface area contributed by atoms with Gasteiger partial charge in [0.15, 0.2) is 0 Å². The standard InChI is InChI=1S/C14H26N2O3/c1-14(2,9-12(17)18)15-13(19)16(3)10-11-7-5-4-6-8-11/h11H,4-10H2,1-3H3,(H,15,19)(H,17,18). The number of aliphatic carboxylic acids is 1. The number of nitrogens with one attached hydrogen (secondary N) is 1. The molecule has 0 saturated heterocycles. The van der Waals surface area contributed by atoms with Gasteiger partial charge in [-0.3, -0.25) is 4.79 Å². The molecule has 0 aromatic heterocycles. The third kappa shape index (κ3) is 5.94. The van der Waals surface area contributed by atoms with Gasteiger partial charge >= 0.3 is 12.0 Å². The summed E-state index contributed by atoms with van der Waals surface area (Å²) in [5, 5.41) is 11.6. The Kier molecular flexibility index (Phi) is 5.63. The number of carbonyl (C=O) groups is 2. The van der Waals surface area contributed by atoms with E-state index in [4.69, 9.17) is 5.11 Å². The van der Waals surface area contributed by atoms with Crippen LogP contribution in [0.15, 0.2) is 0 Å². The highest BCUT2D eigenvalue weighted by molar-refractivity contribution is 5.76. The maximum Gasteiger partial charge on any atom is 0.317 e. The molecule has 0 bridgehead atoms. The molecule has 0 aromatic rings. The van der Waals surface area contributed by atoms with Crippen molar-refractivity contribution in [1.29, 1.82) is 0 Å². The molecule has 1 rings (SSSR count). The number of carboxylic acids is 1. The van der Waals surface area contributed by atoms with E-state index in [9.17, 15) is 9.59 Å². The topological polar surface area (TPSA) is 69.6 Å². The van der Waals surface area contributed by atoms with E-state index >= 15 is 0 Å². The van der Waals surface area contributed by atoms with Crippen molar-refractivity contribution in [3.05, 3.63) is 0 Å². The fourth-order valence-corrected chi connectivity index (χ4v) is 2.65. The maximum absolute atomic E-state index is 12.0. The Morgan fingerprint density at radius 2 is 1.84 bits per heavy atom. The molecule has 0 unspecified atom stereocenters. The van der Waals surface area contributed by atoms with Gasteiger partial charge in [0.05, 0.1) is 6.42 Å². The Morgan fingerprint density at radius 1 is 1.26 bits per heavy atom. The van der Waals surface area contributed by atoms with Crippen molar-refractivity contribution in [3.63, 3.8) is 0 Å². The minimum absolute atomic E-state index is 0.0734. The molecule has 1 fully saturated rings. The zero-order chi connectivity index (χ0) is 14.5. The van der Waals surface area contributed by atoms with Gasteiger partial charge in [-0.1, -0.05) is 19.3 Å². The van der Waals surface area contributed by atoms with Crippen molar-refractivity contribution < 1.29 is 14.7 Å². The van der Waals surface area contributed by atoms with Gasteiger partial charge in [0.25, 0.3) is 0 Å². The Bertz CT molecular complexity index is 323. The summed E-state index contributed by atoms with van der Waals surface area (Å²) in [6.45, 7) is 4.22. The first kappa shape index (κ1) is 15.8. The van der Waals surface area contributed by atoms with Gasteiger partial charge in [0.2, 0.25) is 0 Å². The molecule has 0 spiro atoms. The van der Waals surface area contributed by atoms with Crippen LogP contribution in [0.2, 0.25) is 0 Å². The average Bonchev–Trinajstić information content (AvgIpc) is 2.27. The lowest BCUT2D eigenvalue weighted by Gasteiger charge is -2.31. The molecule has 0 radical (unpaired) electrons. The van der Waals surface area contributed by atoms with E-state index in [-0.39, 0.29) is 12.5 Å². The van der Waals surface area contributed by atoms with Crippen LogP contribution in [0, 0.1) is 5.92 Å². The van der Waals surface area contributed by atoms with Crippen LogP contribution < -0.4 is 5.32 Å². The Morgan fingerprint density at radius 3 is 2.37 bits per heavy atom. The van der Waals surface area contributed by atoms with E-state index in [1.165, 1.54) is 32.1 Å². The zero-order valence-electron chi connectivity index (χ0n) is 12.2. The van der Waals surface area contributed by atoms with E-state index < -0.39 is 11.5 Å². The van der Waals surface area contributed by atoms with Crippen LogP contribution in [0.3, 0.4) is 0 Å². The van der Waals surface area contributed by atoms with E-state index in [1.807, 2.05) is 0 Å². The zero-order valence-corrected chi connectivity index (χ0v) is 12.2. The largest absolute Gasteiger partial charge is 0.481 e. The molecule has 0 atom stereocenters. The summed E-state index contributed by atoms with van der Waals surface area (Å²) in [6, 6.07) is -0.183. The average molecular weight is 270 g/mol. The van der Waals surface area contributed by atoms with E-state index in [2.05, 4.69) is 5.32 Å². The van der Waals surface area contributed by atoms with Crippen LogP contribution in [0.5, 0.6) is 0 Å². The molecule has 5 nitrogen and oxygen atoms in total. The van der Waals surface area contributed by atoms with Crippen LogP contribution in [0.25, 0.3) is 0 Å². The molecule has 0 aliphatic heterocycles. The van der Waals surface area contributed by atoms with E-state index in [1.54, 1.807) is 25.8 Å². The molecule has 110 valence electrons. The van der Waals surface area contributed by atoms with Crippen molar-refractivity contribution >= 4 is 12.0 Å². The number of hydrogen-bond donors (Lipinski definition) is 2. The predicted molar refractivity (Wildman–Crippen MR) is 74.1 cm³/mol. The van der Waals surface area contributed by atoms with E-state index in [0.717, 1.165) is 6.54 Å². The summed E-state index contributed by atoms with van der Waals surface area (Å²) in [5.74, 6) is -0.313. The molecule has 1 aliphatic rings. The molecule has 0 aromatic carbocycles. The van der Waals surface area contributed by atoms with Gasteiger partial charge in [-0.2, -0.15) is 0 Å². The van der Waals surface area contributed by atoms with Crippen molar-refractivity contribution in [2.75, 3.05) is 13.6 Å². The van der Waals surface area contributed by atoms with Crippen LogP contribution in [0.4, 0.5) is 4.79 Å².